The predicted octanol–water partition coefficient (Wildman–Crippen LogP) is 3.29. The van der Waals surface area contributed by atoms with Gasteiger partial charge in [-0.05, 0) is 25.1 Å². The monoisotopic (exact) mass is 384 g/mol. The summed E-state index contributed by atoms with van der Waals surface area (Å²) >= 11 is 11.6. The summed E-state index contributed by atoms with van der Waals surface area (Å²) in [4.78, 5) is 28.1. The number of hydrogen-bond donors (Lipinski definition) is 2. The number of aromatic hydroxyl groups is 1. The minimum absolute atomic E-state index is 0.0891. The highest BCUT2D eigenvalue weighted by atomic mass is 35.5. The molecule has 25 heavy (non-hydrogen) atoms. The fourth-order valence-electron chi connectivity index (χ4n) is 1.81. The molecule has 9 heteroatoms. The van der Waals surface area contributed by atoms with Crippen LogP contribution in [0.3, 0.4) is 0 Å². The lowest BCUT2D eigenvalue weighted by molar-refractivity contribution is -0.123. The molecule has 1 unspecified atom stereocenters. The molecular formula is C16H14Cl2N2O5. The number of ether oxygens (including phenoxy) is 2. The lowest BCUT2D eigenvalue weighted by atomic mass is 10.2. The van der Waals surface area contributed by atoms with Gasteiger partial charge in [-0.25, -0.2) is 9.78 Å². The molecule has 2 rings (SSSR count). The summed E-state index contributed by atoms with van der Waals surface area (Å²) in [6, 6.07) is 5.49. The van der Waals surface area contributed by atoms with Gasteiger partial charge in [0.2, 0.25) is 0 Å². The van der Waals surface area contributed by atoms with Crippen molar-refractivity contribution < 1.29 is 24.2 Å². The van der Waals surface area contributed by atoms with E-state index in [1.165, 1.54) is 44.5 Å². The van der Waals surface area contributed by atoms with Gasteiger partial charge in [0.1, 0.15) is 17.1 Å². The van der Waals surface area contributed by atoms with Gasteiger partial charge in [-0.3, -0.25) is 4.79 Å². The summed E-state index contributed by atoms with van der Waals surface area (Å²) in [7, 11) is 1.43. The van der Waals surface area contributed by atoms with Gasteiger partial charge >= 0.3 is 5.97 Å². The Bertz CT molecular complexity index is 813. The van der Waals surface area contributed by atoms with E-state index in [-0.39, 0.29) is 22.2 Å². The van der Waals surface area contributed by atoms with Gasteiger partial charge in [-0.1, -0.05) is 23.2 Å². The van der Waals surface area contributed by atoms with Crippen LogP contribution >= 0.6 is 23.2 Å². The summed E-state index contributed by atoms with van der Waals surface area (Å²) in [6.07, 6.45) is 0.164. The largest absolute Gasteiger partial charge is 0.507 e. The smallest absolute Gasteiger partial charge is 0.342 e. The Hall–Kier alpha value is -2.51. The van der Waals surface area contributed by atoms with Gasteiger partial charge in [-0.15, -0.1) is 0 Å². The third-order valence-electron chi connectivity index (χ3n) is 3.13. The maximum Gasteiger partial charge on any atom is 0.342 e. The van der Waals surface area contributed by atoms with Crippen LogP contribution in [-0.2, 0) is 9.53 Å². The number of methoxy groups -OCH3 is 1. The topological polar surface area (TPSA) is 97.8 Å². The molecule has 0 saturated carbocycles. The average Bonchev–Trinajstić information content (AvgIpc) is 2.56. The molecule has 0 aliphatic carbocycles. The highest BCUT2D eigenvalue weighted by Gasteiger charge is 2.22. The Labute approximate surface area is 153 Å². The first-order chi connectivity index (χ1) is 11.8. The highest BCUT2D eigenvalue weighted by molar-refractivity contribution is 6.36. The molecule has 2 N–H and O–H groups in total. The molecule has 7 nitrogen and oxygen atoms in total. The SMILES string of the molecule is COc1ccc(C(=O)OC(C)C(=O)Nc2ncc(Cl)cc2Cl)c(O)c1. The molecule has 2 aromatic rings. The summed E-state index contributed by atoms with van der Waals surface area (Å²) < 4.78 is 9.97. The number of carbonyl (C=O) groups excluding carboxylic acids is 2. The first-order valence-corrected chi connectivity index (χ1v) is 7.77. The van der Waals surface area contributed by atoms with Gasteiger partial charge in [0.15, 0.2) is 11.9 Å². The second kappa shape index (κ2) is 8.04. The fraction of sp³-hybridized carbons (Fsp3) is 0.188. The minimum Gasteiger partial charge on any atom is -0.507 e. The van der Waals surface area contributed by atoms with Crippen molar-refractivity contribution in [3.8, 4) is 11.5 Å². The number of nitrogens with zero attached hydrogens (tertiary/aromatic N) is 1. The number of benzene rings is 1. The number of carbonyl (C=O) groups is 2. The van der Waals surface area contributed by atoms with Crippen LogP contribution in [0.1, 0.15) is 17.3 Å². The van der Waals surface area contributed by atoms with E-state index in [9.17, 15) is 14.7 Å². The molecule has 1 heterocycles. The zero-order chi connectivity index (χ0) is 18.6. The molecular weight excluding hydrogens is 371 g/mol. The maximum atomic E-state index is 12.1. The van der Waals surface area contributed by atoms with E-state index in [0.29, 0.717) is 10.8 Å². The Kier molecular flexibility index (Phi) is 6.06. The Balaban J connectivity index is 2.04. The first-order valence-electron chi connectivity index (χ1n) is 7.01. The van der Waals surface area contributed by atoms with E-state index in [1.807, 2.05) is 0 Å². The van der Waals surface area contributed by atoms with Crippen LogP contribution in [0.5, 0.6) is 11.5 Å². The minimum atomic E-state index is -1.15. The van der Waals surface area contributed by atoms with E-state index in [4.69, 9.17) is 32.7 Å². The number of rotatable bonds is 5. The molecule has 0 fully saturated rings. The maximum absolute atomic E-state index is 12.1. The van der Waals surface area contributed by atoms with Crippen LogP contribution in [0.2, 0.25) is 10.0 Å². The zero-order valence-electron chi connectivity index (χ0n) is 13.2. The highest BCUT2D eigenvalue weighted by Crippen LogP contribution is 2.25. The number of pyridine rings is 1. The third-order valence-corrected chi connectivity index (χ3v) is 3.62. The normalized spacial score (nSPS) is 11.5. The van der Waals surface area contributed by atoms with Crippen LogP contribution in [0, 0.1) is 0 Å². The number of hydrogen-bond acceptors (Lipinski definition) is 6. The molecule has 0 aliphatic rings. The summed E-state index contributed by atoms with van der Waals surface area (Å²) in [5, 5.41) is 12.7. The number of phenolic OH excluding ortho intramolecular Hbond substituents is 1. The van der Waals surface area contributed by atoms with Crippen LogP contribution in [0.25, 0.3) is 0 Å². The molecule has 0 saturated heterocycles. The second-order valence-corrected chi connectivity index (χ2v) is 5.75. The van der Waals surface area contributed by atoms with Crippen LogP contribution in [0.4, 0.5) is 5.82 Å². The zero-order valence-corrected chi connectivity index (χ0v) is 14.8. The molecule has 1 aromatic heterocycles. The van der Waals surface area contributed by atoms with Gasteiger partial charge in [0, 0.05) is 12.3 Å². The molecule has 1 aromatic carbocycles. The number of amides is 1. The second-order valence-electron chi connectivity index (χ2n) is 4.90. The Morgan fingerprint density at radius 2 is 2.00 bits per heavy atom. The van der Waals surface area contributed by atoms with E-state index < -0.39 is 18.0 Å². The molecule has 0 spiro atoms. The number of anilines is 1. The van der Waals surface area contributed by atoms with Crippen molar-refractivity contribution in [3.63, 3.8) is 0 Å². The molecule has 0 radical (unpaired) electrons. The number of aromatic nitrogens is 1. The van der Waals surface area contributed by atoms with Crippen LogP contribution in [-0.4, -0.2) is 35.2 Å². The van der Waals surface area contributed by atoms with E-state index >= 15 is 0 Å². The molecule has 0 bridgehead atoms. The van der Waals surface area contributed by atoms with E-state index in [2.05, 4.69) is 10.3 Å². The summed E-state index contributed by atoms with van der Waals surface area (Å²) in [5.41, 5.74) is -0.0944. The molecule has 132 valence electrons. The van der Waals surface area contributed by atoms with Crippen molar-refractivity contribution >= 4 is 40.9 Å². The van der Waals surface area contributed by atoms with Gasteiger partial charge in [-0.2, -0.15) is 0 Å². The molecule has 1 amide bonds. The Morgan fingerprint density at radius 3 is 2.60 bits per heavy atom. The lowest BCUT2D eigenvalue weighted by Crippen LogP contribution is -2.30. The standard InChI is InChI=1S/C16H14Cl2N2O5/c1-8(15(22)20-14-12(18)5-9(17)7-19-14)25-16(23)11-4-3-10(24-2)6-13(11)21/h3-8,21H,1-2H3,(H,19,20,22). The van der Waals surface area contributed by atoms with Crippen molar-refractivity contribution in [1.29, 1.82) is 0 Å². The van der Waals surface area contributed by atoms with Crippen molar-refractivity contribution in [2.75, 3.05) is 12.4 Å². The number of phenols is 1. The average molecular weight is 385 g/mol. The summed E-state index contributed by atoms with van der Waals surface area (Å²) in [6.45, 7) is 1.37. The number of halogens is 2. The Morgan fingerprint density at radius 1 is 1.28 bits per heavy atom. The van der Waals surface area contributed by atoms with E-state index in [0.717, 1.165) is 0 Å². The molecule has 1 atom stereocenters. The lowest BCUT2D eigenvalue weighted by Gasteiger charge is -2.14. The quantitative estimate of drug-likeness (QED) is 0.767. The molecule has 0 aliphatic heterocycles. The van der Waals surface area contributed by atoms with Crippen LogP contribution in [0.15, 0.2) is 30.5 Å². The van der Waals surface area contributed by atoms with Gasteiger partial charge in [0.05, 0.1) is 17.2 Å². The predicted molar refractivity (Wildman–Crippen MR) is 92.4 cm³/mol. The van der Waals surface area contributed by atoms with Gasteiger partial charge in [0.25, 0.3) is 5.91 Å². The van der Waals surface area contributed by atoms with Crippen molar-refractivity contribution in [3.05, 3.63) is 46.1 Å². The van der Waals surface area contributed by atoms with E-state index in [1.54, 1.807) is 0 Å². The van der Waals surface area contributed by atoms with Crippen molar-refractivity contribution in [2.45, 2.75) is 13.0 Å². The van der Waals surface area contributed by atoms with Gasteiger partial charge < -0.3 is 19.9 Å². The third kappa shape index (κ3) is 4.74. The first kappa shape index (κ1) is 18.8. The number of nitrogens with one attached hydrogen (secondary N) is 1. The summed E-state index contributed by atoms with van der Waals surface area (Å²) in [5.74, 6) is -1.36. The van der Waals surface area contributed by atoms with Crippen LogP contribution < -0.4 is 10.1 Å². The fourth-order valence-corrected chi connectivity index (χ4v) is 2.24. The van der Waals surface area contributed by atoms with Crippen molar-refractivity contribution in [1.82, 2.24) is 4.98 Å². The van der Waals surface area contributed by atoms with Crippen molar-refractivity contribution in [2.24, 2.45) is 0 Å². The number of esters is 1.